The molecule has 1 aromatic rings. The second-order valence-electron chi connectivity index (χ2n) is 2.40. The van der Waals surface area contributed by atoms with Crippen LogP contribution >= 0.6 is 0 Å². The maximum Gasteiger partial charge on any atom is 0.332 e. The molecule has 0 aliphatic carbocycles. The van der Waals surface area contributed by atoms with Gasteiger partial charge in [0.05, 0.1) is 0 Å². The van der Waals surface area contributed by atoms with E-state index in [-0.39, 0.29) is 5.71 Å². The number of carbonyl (C=O) groups is 1. The standard InChI is InChI=1S/C9H8N3O2/c10-9(14)12-11-8(6-13)7-4-2-1-3-5-7/h1-5H,(H3,10,12,14)/b11-8+. The molecule has 0 aromatic heterocycles. The van der Waals surface area contributed by atoms with Crippen molar-refractivity contribution in [1.82, 2.24) is 5.43 Å². The quantitative estimate of drug-likeness (QED) is 0.526. The van der Waals surface area contributed by atoms with Gasteiger partial charge in [-0.15, -0.1) is 0 Å². The molecule has 0 bridgehead atoms. The fourth-order valence-corrected chi connectivity index (χ4v) is 0.853. The van der Waals surface area contributed by atoms with E-state index in [1.807, 2.05) is 5.43 Å². The smallest absolute Gasteiger partial charge is 0.332 e. The first-order valence-corrected chi connectivity index (χ1v) is 3.80. The van der Waals surface area contributed by atoms with E-state index in [1.54, 1.807) is 36.6 Å². The highest BCUT2D eigenvalue weighted by Crippen LogP contribution is 1.98. The van der Waals surface area contributed by atoms with Crippen molar-refractivity contribution in [2.75, 3.05) is 0 Å². The third-order valence-corrected chi connectivity index (χ3v) is 1.42. The van der Waals surface area contributed by atoms with E-state index in [1.165, 1.54) is 0 Å². The first-order valence-electron chi connectivity index (χ1n) is 3.80. The van der Waals surface area contributed by atoms with Crippen LogP contribution in [0.25, 0.3) is 0 Å². The summed E-state index contributed by atoms with van der Waals surface area (Å²) in [5.74, 6) is 0. The van der Waals surface area contributed by atoms with Crippen molar-refractivity contribution in [3.63, 3.8) is 0 Å². The number of rotatable bonds is 3. The van der Waals surface area contributed by atoms with Gasteiger partial charge in [0.1, 0.15) is 5.71 Å². The Kier molecular flexibility index (Phi) is 3.37. The Labute approximate surface area is 80.6 Å². The lowest BCUT2D eigenvalue weighted by Crippen LogP contribution is -2.26. The SMILES string of the molecule is NC(=O)N/N=C(\[C]=O)c1ccccc1. The Balaban J connectivity index is 2.87. The predicted octanol–water partition coefficient (Wildman–Crippen LogP) is 0.169. The number of nitrogens with zero attached hydrogens (tertiary/aromatic N) is 1. The molecule has 3 N–H and O–H groups in total. The lowest BCUT2D eigenvalue weighted by molar-refractivity contribution is 0.249. The van der Waals surface area contributed by atoms with Gasteiger partial charge in [-0.3, -0.25) is 4.79 Å². The average Bonchev–Trinajstić information content (AvgIpc) is 2.20. The summed E-state index contributed by atoms with van der Waals surface area (Å²) in [4.78, 5) is 20.8. The van der Waals surface area contributed by atoms with E-state index in [0.717, 1.165) is 0 Å². The van der Waals surface area contributed by atoms with Gasteiger partial charge in [-0.25, -0.2) is 10.2 Å². The molecule has 1 radical (unpaired) electrons. The van der Waals surface area contributed by atoms with Crippen LogP contribution in [0.4, 0.5) is 4.79 Å². The lowest BCUT2D eigenvalue weighted by Gasteiger charge is -1.97. The highest BCUT2D eigenvalue weighted by atomic mass is 16.2. The number of urea groups is 1. The first kappa shape index (κ1) is 9.91. The van der Waals surface area contributed by atoms with Crippen LogP contribution in [-0.4, -0.2) is 18.0 Å². The van der Waals surface area contributed by atoms with E-state index >= 15 is 0 Å². The van der Waals surface area contributed by atoms with Gasteiger partial charge >= 0.3 is 6.03 Å². The van der Waals surface area contributed by atoms with Gasteiger partial charge < -0.3 is 5.73 Å². The van der Waals surface area contributed by atoms with E-state index in [0.29, 0.717) is 5.56 Å². The van der Waals surface area contributed by atoms with Crippen LogP contribution < -0.4 is 11.2 Å². The molecule has 0 aliphatic heterocycles. The molecule has 0 spiro atoms. The molecule has 1 aromatic carbocycles. The number of hydrogen-bond donors (Lipinski definition) is 2. The van der Waals surface area contributed by atoms with Crippen LogP contribution in [0.2, 0.25) is 0 Å². The van der Waals surface area contributed by atoms with Crippen molar-refractivity contribution in [2.24, 2.45) is 10.8 Å². The molecular formula is C9H8N3O2. The van der Waals surface area contributed by atoms with Crippen LogP contribution in [0, 0.1) is 0 Å². The molecule has 5 nitrogen and oxygen atoms in total. The number of benzene rings is 1. The minimum Gasteiger partial charge on any atom is -0.350 e. The molecular weight excluding hydrogens is 182 g/mol. The second kappa shape index (κ2) is 4.76. The van der Waals surface area contributed by atoms with Gasteiger partial charge in [-0.05, 0) is 0 Å². The summed E-state index contributed by atoms with van der Waals surface area (Å²) < 4.78 is 0. The van der Waals surface area contributed by atoms with Gasteiger partial charge in [-0.1, -0.05) is 30.3 Å². The van der Waals surface area contributed by atoms with Crippen molar-refractivity contribution < 1.29 is 9.59 Å². The molecule has 71 valence electrons. The minimum absolute atomic E-state index is 0.00407. The fourth-order valence-electron chi connectivity index (χ4n) is 0.853. The second-order valence-corrected chi connectivity index (χ2v) is 2.40. The topological polar surface area (TPSA) is 84.6 Å². The molecule has 2 amide bonds. The summed E-state index contributed by atoms with van der Waals surface area (Å²) in [6, 6.07) is 7.80. The number of hydrazone groups is 1. The zero-order chi connectivity index (χ0) is 10.4. The van der Waals surface area contributed by atoms with Crippen LogP contribution in [0.3, 0.4) is 0 Å². The molecule has 0 unspecified atom stereocenters. The molecule has 0 saturated heterocycles. The van der Waals surface area contributed by atoms with E-state index in [9.17, 15) is 9.59 Å². The number of hydrogen-bond acceptors (Lipinski definition) is 3. The average molecular weight is 190 g/mol. The summed E-state index contributed by atoms with van der Waals surface area (Å²) in [6.07, 6.45) is 1.60. The molecule has 0 fully saturated rings. The molecule has 0 heterocycles. The fraction of sp³-hybridized carbons (Fsp3) is 0. The van der Waals surface area contributed by atoms with Crippen LogP contribution in [0.1, 0.15) is 5.56 Å². The van der Waals surface area contributed by atoms with Crippen molar-refractivity contribution >= 4 is 18.0 Å². The highest BCUT2D eigenvalue weighted by molar-refractivity contribution is 6.36. The molecule has 0 saturated carbocycles. The van der Waals surface area contributed by atoms with Crippen LogP contribution in [0.5, 0.6) is 0 Å². The third-order valence-electron chi connectivity index (χ3n) is 1.42. The Bertz CT molecular complexity index is 360. The highest BCUT2D eigenvalue weighted by Gasteiger charge is 2.02. The molecule has 0 aliphatic rings. The number of nitrogens with one attached hydrogen (secondary N) is 1. The van der Waals surface area contributed by atoms with Crippen molar-refractivity contribution in [2.45, 2.75) is 0 Å². The Morgan fingerprint density at radius 2 is 2.00 bits per heavy atom. The van der Waals surface area contributed by atoms with Gasteiger partial charge in [0, 0.05) is 5.56 Å². The van der Waals surface area contributed by atoms with Crippen molar-refractivity contribution in [3.8, 4) is 0 Å². The first-order chi connectivity index (χ1) is 6.74. The van der Waals surface area contributed by atoms with Crippen molar-refractivity contribution in [3.05, 3.63) is 35.9 Å². The molecule has 5 heteroatoms. The molecule has 1 rings (SSSR count). The maximum absolute atomic E-state index is 10.5. The number of amides is 2. The van der Waals surface area contributed by atoms with Gasteiger partial charge in [0.25, 0.3) is 6.29 Å². The number of carbonyl (C=O) groups excluding carboxylic acids is 2. The Morgan fingerprint density at radius 1 is 1.36 bits per heavy atom. The summed E-state index contributed by atoms with van der Waals surface area (Å²) >= 11 is 0. The largest absolute Gasteiger partial charge is 0.350 e. The lowest BCUT2D eigenvalue weighted by atomic mass is 10.1. The predicted molar refractivity (Wildman–Crippen MR) is 51.4 cm³/mol. The van der Waals surface area contributed by atoms with Crippen LogP contribution in [-0.2, 0) is 4.79 Å². The summed E-state index contributed by atoms with van der Waals surface area (Å²) in [5.41, 5.74) is 7.32. The van der Waals surface area contributed by atoms with E-state index in [2.05, 4.69) is 5.10 Å². The summed E-state index contributed by atoms with van der Waals surface area (Å²) in [7, 11) is 0. The Hall–Kier alpha value is -2.17. The Morgan fingerprint density at radius 3 is 2.50 bits per heavy atom. The summed E-state index contributed by atoms with van der Waals surface area (Å²) in [6.45, 7) is 0. The molecule has 0 atom stereocenters. The number of nitrogens with two attached hydrogens (primary N) is 1. The minimum atomic E-state index is -0.825. The zero-order valence-corrected chi connectivity index (χ0v) is 7.23. The van der Waals surface area contributed by atoms with Gasteiger partial charge in [0.2, 0.25) is 0 Å². The zero-order valence-electron chi connectivity index (χ0n) is 7.23. The third kappa shape index (κ3) is 2.71. The normalized spacial score (nSPS) is 10.7. The van der Waals surface area contributed by atoms with Gasteiger partial charge in [-0.2, -0.15) is 5.10 Å². The molecule has 14 heavy (non-hydrogen) atoms. The summed E-state index contributed by atoms with van der Waals surface area (Å²) in [5, 5.41) is 3.48. The monoisotopic (exact) mass is 190 g/mol. The van der Waals surface area contributed by atoms with Gasteiger partial charge in [0.15, 0.2) is 0 Å². The number of primary amides is 1. The van der Waals surface area contributed by atoms with Crippen LogP contribution in [0.15, 0.2) is 35.4 Å². The van der Waals surface area contributed by atoms with E-state index in [4.69, 9.17) is 5.73 Å². The maximum atomic E-state index is 10.5. The van der Waals surface area contributed by atoms with Crippen molar-refractivity contribution in [1.29, 1.82) is 0 Å². The van der Waals surface area contributed by atoms with E-state index < -0.39 is 6.03 Å².